The molecule has 4 nitrogen and oxygen atoms in total. The van der Waals surface area contributed by atoms with Gasteiger partial charge in [-0.1, -0.05) is 11.6 Å². The van der Waals surface area contributed by atoms with Crippen LogP contribution < -0.4 is 5.32 Å². The van der Waals surface area contributed by atoms with Crippen LogP contribution in [0.2, 0.25) is 4.34 Å². The second-order valence-corrected chi connectivity index (χ2v) is 7.67. The van der Waals surface area contributed by atoms with Gasteiger partial charge >= 0.3 is 0 Å². The zero-order valence-corrected chi connectivity index (χ0v) is 14.7. The van der Waals surface area contributed by atoms with E-state index in [1.165, 1.54) is 37.6 Å². The number of nitrogens with one attached hydrogen (secondary N) is 1. The largest absolute Gasteiger partial charge is 0.311 e. The average Bonchev–Trinajstić information content (AvgIpc) is 2.88. The lowest BCUT2D eigenvalue weighted by Crippen LogP contribution is -2.49. The highest BCUT2D eigenvalue weighted by atomic mass is 35.5. The lowest BCUT2D eigenvalue weighted by Gasteiger charge is -2.35. The van der Waals surface area contributed by atoms with Crippen LogP contribution in [0, 0.1) is 0 Å². The van der Waals surface area contributed by atoms with E-state index in [0.717, 1.165) is 30.5 Å². The molecule has 1 aliphatic rings. The van der Waals surface area contributed by atoms with Gasteiger partial charge in [0.15, 0.2) is 0 Å². The van der Waals surface area contributed by atoms with E-state index in [4.69, 9.17) is 11.6 Å². The molecule has 1 saturated heterocycles. The summed E-state index contributed by atoms with van der Waals surface area (Å²) in [4.78, 5) is 8.69. The van der Waals surface area contributed by atoms with E-state index in [9.17, 15) is 0 Å². The van der Waals surface area contributed by atoms with Crippen molar-refractivity contribution in [3.05, 3.63) is 21.3 Å². The van der Waals surface area contributed by atoms with Crippen molar-refractivity contribution in [2.45, 2.75) is 6.54 Å². The maximum atomic E-state index is 5.93. The molecule has 6 heteroatoms. The summed E-state index contributed by atoms with van der Waals surface area (Å²) in [5.41, 5.74) is 0. The van der Waals surface area contributed by atoms with Crippen LogP contribution in [0.4, 0.5) is 0 Å². The summed E-state index contributed by atoms with van der Waals surface area (Å²) in [6.45, 7) is 10.3. The molecular formula is C15H27ClN4S. The van der Waals surface area contributed by atoms with Crippen LogP contribution in [0.3, 0.4) is 0 Å². The standard InChI is InChI=1S/C15H27ClN4S/c1-18(2)7-8-20-11-9-19(10-12-20)6-5-17-13-14-3-4-15(16)21-14/h3-4,17H,5-13H2,1-2H3. The van der Waals surface area contributed by atoms with Crippen molar-refractivity contribution >= 4 is 22.9 Å². The van der Waals surface area contributed by atoms with Gasteiger partial charge < -0.3 is 10.2 Å². The molecule has 1 aromatic heterocycles. The molecular weight excluding hydrogens is 304 g/mol. The minimum Gasteiger partial charge on any atom is -0.311 e. The van der Waals surface area contributed by atoms with Gasteiger partial charge in [0.25, 0.3) is 0 Å². The Balaban J connectivity index is 1.52. The van der Waals surface area contributed by atoms with Gasteiger partial charge in [-0.25, -0.2) is 0 Å². The smallest absolute Gasteiger partial charge is 0.0931 e. The Labute approximate surface area is 137 Å². The maximum absolute atomic E-state index is 5.93. The monoisotopic (exact) mass is 330 g/mol. The minimum absolute atomic E-state index is 0.876. The Morgan fingerprint density at radius 3 is 2.38 bits per heavy atom. The fourth-order valence-electron chi connectivity index (χ4n) is 2.47. The summed E-state index contributed by atoms with van der Waals surface area (Å²) in [5, 5.41) is 3.50. The van der Waals surface area contributed by atoms with Crippen molar-refractivity contribution in [1.82, 2.24) is 20.0 Å². The molecule has 0 unspecified atom stereocenters. The molecule has 2 rings (SSSR count). The summed E-state index contributed by atoms with van der Waals surface area (Å²) >= 11 is 7.59. The molecule has 1 fully saturated rings. The van der Waals surface area contributed by atoms with Gasteiger partial charge in [-0.3, -0.25) is 9.80 Å². The molecule has 0 radical (unpaired) electrons. The van der Waals surface area contributed by atoms with Crippen molar-refractivity contribution in [2.75, 3.05) is 66.5 Å². The molecule has 0 atom stereocenters. The van der Waals surface area contributed by atoms with Crippen LogP contribution in [0.5, 0.6) is 0 Å². The summed E-state index contributed by atoms with van der Waals surface area (Å²) in [5.74, 6) is 0. The predicted octanol–water partition coefficient (Wildman–Crippen LogP) is 1.67. The van der Waals surface area contributed by atoms with E-state index in [1.54, 1.807) is 11.3 Å². The minimum atomic E-state index is 0.876. The van der Waals surface area contributed by atoms with Crippen LogP contribution >= 0.6 is 22.9 Å². The van der Waals surface area contributed by atoms with Crippen LogP contribution in [-0.4, -0.2) is 81.2 Å². The molecule has 0 aliphatic carbocycles. The van der Waals surface area contributed by atoms with Gasteiger partial charge in [-0.2, -0.15) is 0 Å². The molecule has 21 heavy (non-hydrogen) atoms. The Morgan fingerprint density at radius 1 is 1.14 bits per heavy atom. The molecule has 1 aliphatic heterocycles. The first kappa shape index (κ1) is 17.2. The predicted molar refractivity (Wildman–Crippen MR) is 92.5 cm³/mol. The highest BCUT2D eigenvalue weighted by molar-refractivity contribution is 7.16. The van der Waals surface area contributed by atoms with Crippen molar-refractivity contribution in [2.24, 2.45) is 0 Å². The number of thiophene rings is 1. The third-order valence-electron chi connectivity index (χ3n) is 3.86. The fourth-order valence-corrected chi connectivity index (χ4v) is 3.53. The molecule has 2 heterocycles. The van der Waals surface area contributed by atoms with Gasteiger partial charge in [-0.05, 0) is 26.2 Å². The zero-order chi connectivity index (χ0) is 15.1. The number of likely N-dealkylation sites (N-methyl/N-ethyl adjacent to an activating group) is 1. The molecule has 0 amide bonds. The van der Waals surface area contributed by atoms with Gasteiger partial charge in [-0.15, -0.1) is 11.3 Å². The van der Waals surface area contributed by atoms with E-state index in [2.05, 4.69) is 40.2 Å². The van der Waals surface area contributed by atoms with E-state index in [-0.39, 0.29) is 0 Å². The van der Waals surface area contributed by atoms with Crippen LogP contribution in [0.1, 0.15) is 4.88 Å². The third kappa shape index (κ3) is 6.63. The Morgan fingerprint density at radius 2 is 1.81 bits per heavy atom. The SMILES string of the molecule is CN(C)CCN1CCN(CCNCc2ccc(Cl)s2)CC1. The normalized spacial score (nSPS) is 17.7. The van der Waals surface area contributed by atoms with Crippen molar-refractivity contribution < 1.29 is 0 Å². The molecule has 0 spiro atoms. The van der Waals surface area contributed by atoms with Crippen LogP contribution in [-0.2, 0) is 6.54 Å². The first-order valence-electron chi connectivity index (χ1n) is 7.68. The summed E-state index contributed by atoms with van der Waals surface area (Å²) < 4.78 is 0.876. The van der Waals surface area contributed by atoms with Crippen LogP contribution in [0.25, 0.3) is 0 Å². The Hall–Kier alpha value is -0.170. The van der Waals surface area contributed by atoms with Crippen molar-refractivity contribution in [3.8, 4) is 0 Å². The number of piperazine rings is 1. The van der Waals surface area contributed by atoms with E-state index in [1.807, 2.05) is 6.07 Å². The van der Waals surface area contributed by atoms with E-state index < -0.39 is 0 Å². The number of rotatable bonds is 8. The van der Waals surface area contributed by atoms with E-state index in [0.29, 0.717) is 0 Å². The highest BCUT2D eigenvalue weighted by Gasteiger charge is 2.15. The zero-order valence-electron chi connectivity index (χ0n) is 13.1. The number of halogens is 1. The number of hydrogen-bond donors (Lipinski definition) is 1. The first-order chi connectivity index (χ1) is 10.1. The van der Waals surface area contributed by atoms with Gasteiger partial charge in [0, 0.05) is 63.8 Å². The second-order valence-electron chi connectivity index (χ2n) is 5.87. The number of hydrogen-bond acceptors (Lipinski definition) is 5. The van der Waals surface area contributed by atoms with Crippen LogP contribution in [0.15, 0.2) is 12.1 Å². The lowest BCUT2D eigenvalue weighted by atomic mass is 10.3. The molecule has 1 aromatic rings. The summed E-state index contributed by atoms with van der Waals surface area (Å²) in [6.07, 6.45) is 0. The first-order valence-corrected chi connectivity index (χ1v) is 8.87. The average molecular weight is 331 g/mol. The van der Waals surface area contributed by atoms with E-state index >= 15 is 0 Å². The van der Waals surface area contributed by atoms with Crippen molar-refractivity contribution in [1.29, 1.82) is 0 Å². The summed E-state index contributed by atoms with van der Waals surface area (Å²) in [6, 6.07) is 4.07. The molecule has 1 N–H and O–H groups in total. The molecule has 0 aromatic carbocycles. The number of nitrogens with zero attached hydrogens (tertiary/aromatic N) is 3. The topological polar surface area (TPSA) is 21.8 Å². The quantitative estimate of drug-likeness (QED) is 0.732. The molecule has 0 saturated carbocycles. The molecule has 120 valence electrons. The fraction of sp³-hybridized carbons (Fsp3) is 0.733. The summed E-state index contributed by atoms with van der Waals surface area (Å²) in [7, 11) is 4.28. The van der Waals surface area contributed by atoms with Gasteiger partial charge in [0.1, 0.15) is 0 Å². The highest BCUT2D eigenvalue weighted by Crippen LogP contribution is 2.20. The maximum Gasteiger partial charge on any atom is 0.0931 e. The third-order valence-corrected chi connectivity index (χ3v) is 5.09. The second kappa shape index (κ2) is 9.08. The van der Waals surface area contributed by atoms with Crippen molar-refractivity contribution in [3.63, 3.8) is 0 Å². The van der Waals surface area contributed by atoms with Gasteiger partial charge in [0.2, 0.25) is 0 Å². The molecule has 0 bridgehead atoms. The lowest BCUT2D eigenvalue weighted by molar-refractivity contribution is 0.126. The Bertz CT molecular complexity index is 402. The van der Waals surface area contributed by atoms with Gasteiger partial charge in [0.05, 0.1) is 4.34 Å². The Kier molecular flexibility index (Phi) is 7.43.